The summed E-state index contributed by atoms with van der Waals surface area (Å²) in [6, 6.07) is 10.9. The molecule has 0 radical (unpaired) electrons. The van der Waals surface area contributed by atoms with Crippen molar-refractivity contribution in [2.75, 3.05) is 6.61 Å². The summed E-state index contributed by atoms with van der Waals surface area (Å²) in [5.41, 5.74) is 0. The Bertz CT molecular complexity index is 947. The van der Waals surface area contributed by atoms with Crippen molar-refractivity contribution in [2.45, 2.75) is 16.0 Å². The molecule has 124 valence electrons. The lowest BCUT2D eigenvalue weighted by Gasteiger charge is -2.06. The molecule has 3 aromatic rings. The lowest BCUT2D eigenvalue weighted by Crippen LogP contribution is -2.09. The number of benzene rings is 2. The molecule has 2 aromatic carbocycles. The molecule has 0 fully saturated rings. The van der Waals surface area contributed by atoms with Crippen molar-refractivity contribution in [2.24, 2.45) is 0 Å². The molecule has 8 heteroatoms. The van der Waals surface area contributed by atoms with Crippen molar-refractivity contribution >= 4 is 40.0 Å². The number of hydrogen-bond donors (Lipinski definition) is 2. The van der Waals surface area contributed by atoms with Gasteiger partial charge in [-0.15, -0.1) is 0 Å². The zero-order chi connectivity index (χ0) is 17.1. The van der Waals surface area contributed by atoms with Gasteiger partial charge in [0.25, 0.3) is 0 Å². The first-order valence-electron chi connectivity index (χ1n) is 7.03. The Balaban J connectivity index is 1.83. The average molecular weight is 363 g/mol. The van der Waals surface area contributed by atoms with Crippen molar-refractivity contribution in [1.29, 1.82) is 0 Å². The first kappa shape index (κ1) is 16.4. The van der Waals surface area contributed by atoms with Crippen LogP contribution in [0.2, 0.25) is 0 Å². The topological polar surface area (TPSA) is 88.6 Å². The van der Waals surface area contributed by atoms with Gasteiger partial charge in [-0.2, -0.15) is 0 Å². The molecule has 0 saturated heterocycles. The van der Waals surface area contributed by atoms with Crippen LogP contribution in [-0.2, 0) is 4.74 Å². The highest BCUT2D eigenvalue weighted by Gasteiger charge is 2.10. The summed E-state index contributed by atoms with van der Waals surface area (Å²) >= 11 is 2.26. The zero-order valence-corrected chi connectivity index (χ0v) is 14.2. The van der Waals surface area contributed by atoms with Crippen molar-refractivity contribution in [3.05, 3.63) is 46.1 Å². The van der Waals surface area contributed by atoms with Gasteiger partial charge in [-0.1, -0.05) is 35.2 Å². The predicted molar refractivity (Wildman–Crippen MR) is 92.3 cm³/mol. The molecule has 2 N–H and O–H groups in total. The Morgan fingerprint density at radius 3 is 2.71 bits per heavy atom. The predicted octanol–water partition coefficient (Wildman–Crippen LogP) is 3.98. The van der Waals surface area contributed by atoms with Crippen LogP contribution in [0.5, 0.6) is 11.6 Å². The summed E-state index contributed by atoms with van der Waals surface area (Å²) in [5.74, 6) is 0.288. The van der Waals surface area contributed by atoms with E-state index in [9.17, 15) is 14.7 Å². The van der Waals surface area contributed by atoms with E-state index in [0.29, 0.717) is 9.96 Å². The molecule has 0 saturated carbocycles. The quantitative estimate of drug-likeness (QED) is 0.538. The standard InChI is InChI=1S/C16H13NO5S2/c1-2-21-16(20)22-11-5-3-10-8-12(6-4-9(10)7-11)23-14-13(18)17-15(19)24-14/h3-8,18H,2H2,1H3,(H,17,19). The van der Waals surface area contributed by atoms with Gasteiger partial charge in [0.2, 0.25) is 5.88 Å². The van der Waals surface area contributed by atoms with E-state index in [1.807, 2.05) is 24.3 Å². The summed E-state index contributed by atoms with van der Waals surface area (Å²) in [6.45, 7) is 1.96. The van der Waals surface area contributed by atoms with E-state index in [4.69, 9.17) is 9.47 Å². The van der Waals surface area contributed by atoms with Crippen LogP contribution in [0.25, 0.3) is 10.8 Å². The molecule has 1 aromatic heterocycles. The van der Waals surface area contributed by atoms with Crippen LogP contribution in [-0.4, -0.2) is 22.9 Å². The number of thiazole rings is 1. The molecule has 0 bridgehead atoms. The number of aromatic amines is 1. The highest BCUT2D eigenvalue weighted by Crippen LogP contribution is 2.36. The lowest BCUT2D eigenvalue weighted by molar-refractivity contribution is 0.104. The van der Waals surface area contributed by atoms with Crippen LogP contribution in [0, 0.1) is 0 Å². The van der Waals surface area contributed by atoms with Crippen LogP contribution in [0.4, 0.5) is 4.79 Å². The smallest absolute Gasteiger partial charge is 0.493 e. The van der Waals surface area contributed by atoms with Gasteiger partial charge in [0.15, 0.2) is 0 Å². The summed E-state index contributed by atoms with van der Waals surface area (Å²) in [7, 11) is 0. The molecule has 0 aliphatic heterocycles. The minimum Gasteiger partial charge on any atom is -0.493 e. The van der Waals surface area contributed by atoms with Gasteiger partial charge < -0.3 is 14.6 Å². The molecular formula is C16H13NO5S2. The maximum absolute atomic E-state index is 11.3. The molecular weight excluding hydrogens is 350 g/mol. The van der Waals surface area contributed by atoms with Crippen molar-refractivity contribution in [1.82, 2.24) is 4.98 Å². The minimum absolute atomic E-state index is 0.117. The maximum Gasteiger partial charge on any atom is 0.513 e. The number of aromatic hydroxyl groups is 1. The van der Waals surface area contributed by atoms with Gasteiger partial charge in [-0.05, 0) is 42.0 Å². The fraction of sp³-hybridized carbons (Fsp3) is 0.125. The molecule has 3 rings (SSSR count). The number of fused-ring (bicyclic) bond motifs is 1. The maximum atomic E-state index is 11.3. The highest BCUT2D eigenvalue weighted by atomic mass is 32.2. The van der Waals surface area contributed by atoms with E-state index in [-0.39, 0.29) is 17.4 Å². The van der Waals surface area contributed by atoms with Gasteiger partial charge in [-0.3, -0.25) is 9.78 Å². The van der Waals surface area contributed by atoms with Gasteiger partial charge in [0.1, 0.15) is 9.96 Å². The molecule has 6 nitrogen and oxygen atoms in total. The number of nitrogens with one attached hydrogen (secondary N) is 1. The average Bonchev–Trinajstić information content (AvgIpc) is 2.85. The SMILES string of the molecule is CCOC(=O)Oc1ccc2cc(Sc3sc(=O)[nH]c3O)ccc2c1. The number of ether oxygens (including phenoxy) is 2. The second-order valence-electron chi connectivity index (χ2n) is 4.71. The number of carbonyl (C=O) groups excluding carboxylic acids is 1. The molecule has 0 unspecified atom stereocenters. The fourth-order valence-electron chi connectivity index (χ4n) is 2.05. The Hall–Kier alpha value is -2.45. The van der Waals surface area contributed by atoms with Gasteiger partial charge in [0.05, 0.1) is 6.61 Å². The number of carbonyl (C=O) groups is 1. The van der Waals surface area contributed by atoms with E-state index in [2.05, 4.69) is 4.98 Å². The first-order valence-corrected chi connectivity index (χ1v) is 8.67. The van der Waals surface area contributed by atoms with Crippen molar-refractivity contribution in [3.63, 3.8) is 0 Å². The minimum atomic E-state index is -0.734. The summed E-state index contributed by atoms with van der Waals surface area (Å²) in [4.78, 5) is 25.5. The molecule has 0 amide bonds. The van der Waals surface area contributed by atoms with Crippen LogP contribution in [0.15, 0.2) is 50.3 Å². The van der Waals surface area contributed by atoms with Crippen molar-refractivity contribution in [3.8, 4) is 11.6 Å². The largest absolute Gasteiger partial charge is 0.513 e. The number of hydrogen-bond acceptors (Lipinski definition) is 7. The van der Waals surface area contributed by atoms with Crippen LogP contribution in [0.3, 0.4) is 0 Å². The van der Waals surface area contributed by atoms with Gasteiger partial charge in [-0.25, -0.2) is 4.79 Å². The molecule has 1 heterocycles. The number of rotatable bonds is 4. The Labute approximate surface area is 145 Å². The molecule has 0 spiro atoms. The van der Waals surface area contributed by atoms with Gasteiger partial charge >= 0.3 is 11.0 Å². The highest BCUT2D eigenvalue weighted by molar-refractivity contribution is 8.01. The number of aromatic nitrogens is 1. The summed E-state index contributed by atoms with van der Waals surface area (Å²) in [5, 5.41) is 11.5. The third kappa shape index (κ3) is 3.72. The molecule has 0 aliphatic rings. The van der Waals surface area contributed by atoms with Gasteiger partial charge in [0, 0.05) is 4.90 Å². The van der Waals surface area contributed by atoms with E-state index in [1.54, 1.807) is 19.1 Å². The van der Waals surface area contributed by atoms with E-state index < -0.39 is 6.16 Å². The first-order chi connectivity index (χ1) is 11.5. The third-order valence-electron chi connectivity index (χ3n) is 3.06. The summed E-state index contributed by atoms with van der Waals surface area (Å²) in [6.07, 6.45) is -0.734. The monoisotopic (exact) mass is 363 g/mol. The Morgan fingerprint density at radius 1 is 1.25 bits per heavy atom. The third-order valence-corrected chi connectivity index (χ3v) is 5.09. The van der Waals surface area contributed by atoms with Crippen LogP contribution in [0.1, 0.15) is 6.92 Å². The van der Waals surface area contributed by atoms with Crippen LogP contribution >= 0.6 is 23.1 Å². The van der Waals surface area contributed by atoms with Crippen molar-refractivity contribution < 1.29 is 19.4 Å². The molecule has 24 heavy (non-hydrogen) atoms. The lowest BCUT2D eigenvalue weighted by atomic mass is 10.1. The normalized spacial score (nSPS) is 10.7. The molecule has 0 aliphatic carbocycles. The summed E-state index contributed by atoms with van der Waals surface area (Å²) < 4.78 is 10.3. The van der Waals surface area contributed by atoms with E-state index in [0.717, 1.165) is 27.0 Å². The Kier molecular flexibility index (Phi) is 4.77. The fourth-order valence-corrected chi connectivity index (χ4v) is 3.88. The van der Waals surface area contributed by atoms with E-state index >= 15 is 0 Å². The van der Waals surface area contributed by atoms with E-state index in [1.165, 1.54) is 11.8 Å². The second kappa shape index (κ2) is 6.98. The number of H-pyrrole nitrogens is 1. The Morgan fingerprint density at radius 2 is 2.00 bits per heavy atom. The zero-order valence-electron chi connectivity index (χ0n) is 12.6. The second-order valence-corrected chi connectivity index (χ2v) is 7.03. The van der Waals surface area contributed by atoms with Crippen LogP contribution < -0.4 is 9.61 Å². The molecule has 0 atom stereocenters.